The number of amides is 1. The van der Waals surface area contributed by atoms with Crippen molar-refractivity contribution in [2.45, 2.75) is 20.0 Å². The Morgan fingerprint density at radius 3 is 2.32 bits per heavy atom. The molecule has 4 rings (SSSR count). The van der Waals surface area contributed by atoms with Crippen LogP contribution >= 0.6 is 0 Å². The predicted octanol–water partition coefficient (Wildman–Crippen LogP) is 2.46. The van der Waals surface area contributed by atoms with Crippen molar-refractivity contribution in [3.05, 3.63) is 98.8 Å². The van der Waals surface area contributed by atoms with Crippen molar-refractivity contribution in [3.8, 4) is 5.75 Å². The lowest BCUT2D eigenvalue weighted by molar-refractivity contribution is -0.116. The third-order valence-electron chi connectivity index (χ3n) is 5.36. The molecule has 0 atom stereocenters. The number of pyridine rings is 1. The first-order valence-corrected chi connectivity index (χ1v) is 10.5. The largest absolute Gasteiger partial charge is 0.497 e. The Morgan fingerprint density at radius 2 is 1.68 bits per heavy atom. The molecule has 4 aromatic rings. The number of carbonyl (C=O) groups excluding carboxylic acids is 2. The zero-order valence-corrected chi connectivity index (χ0v) is 18.6. The van der Waals surface area contributed by atoms with Crippen molar-refractivity contribution in [1.82, 2.24) is 14.1 Å². The molecule has 2 aromatic carbocycles. The Morgan fingerprint density at radius 1 is 0.971 bits per heavy atom. The normalized spacial score (nSPS) is 10.8. The maximum absolute atomic E-state index is 13.3. The van der Waals surface area contributed by atoms with Gasteiger partial charge in [-0.2, -0.15) is 0 Å². The molecule has 0 aliphatic rings. The molecule has 9 nitrogen and oxygen atoms in total. The number of anilines is 1. The highest BCUT2D eigenvalue weighted by Crippen LogP contribution is 2.13. The highest BCUT2D eigenvalue weighted by Gasteiger charge is 2.17. The van der Waals surface area contributed by atoms with Crippen molar-refractivity contribution in [1.29, 1.82) is 0 Å². The number of benzene rings is 2. The van der Waals surface area contributed by atoms with E-state index in [1.54, 1.807) is 67.8 Å². The molecule has 0 saturated heterocycles. The number of rotatable bonds is 7. The van der Waals surface area contributed by atoms with E-state index in [0.29, 0.717) is 17.0 Å². The smallest absolute Gasteiger partial charge is 0.332 e. The fourth-order valence-corrected chi connectivity index (χ4v) is 3.58. The van der Waals surface area contributed by atoms with Crippen LogP contribution in [0.25, 0.3) is 11.0 Å². The average Bonchev–Trinajstić information content (AvgIpc) is 2.85. The number of carbonyl (C=O) groups is 2. The maximum Gasteiger partial charge on any atom is 0.332 e. The zero-order valence-electron chi connectivity index (χ0n) is 18.6. The summed E-state index contributed by atoms with van der Waals surface area (Å²) in [6.45, 7) is 1.15. The van der Waals surface area contributed by atoms with E-state index in [-0.39, 0.29) is 29.9 Å². The molecular weight excluding hydrogens is 436 g/mol. The number of nitrogens with zero attached hydrogens (tertiary/aromatic N) is 3. The van der Waals surface area contributed by atoms with E-state index in [9.17, 15) is 19.2 Å². The lowest BCUT2D eigenvalue weighted by Crippen LogP contribution is -2.42. The standard InChI is InChI=1S/C25H22N4O5/c1-16(30)18-7-9-19(10-8-18)27-22(31)15-28-21-4-3-13-26-23(21)24(32)29(25(28)33)14-17-5-11-20(34-2)12-6-17/h3-13H,14-15H2,1-2H3,(H,27,31). The Kier molecular flexibility index (Phi) is 6.35. The molecule has 34 heavy (non-hydrogen) atoms. The molecule has 0 radical (unpaired) electrons. The third kappa shape index (κ3) is 4.63. The molecular formula is C25H22N4O5. The zero-order chi connectivity index (χ0) is 24.2. The van der Waals surface area contributed by atoms with Crippen LogP contribution in [0.5, 0.6) is 5.75 Å². The molecule has 0 bridgehead atoms. The van der Waals surface area contributed by atoms with E-state index < -0.39 is 17.2 Å². The van der Waals surface area contributed by atoms with Gasteiger partial charge in [-0.15, -0.1) is 0 Å². The lowest BCUT2D eigenvalue weighted by Gasteiger charge is -2.14. The minimum absolute atomic E-state index is 0.0162. The number of ether oxygens (including phenoxy) is 1. The van der Waals surface area contributed by atoms with E-state index in [4.69, 9.17) is 4.74 Å². The summed E-state index contributed by atoms with van der Waals surface area (Å²) in [7, 11) is 1.55. The first-order chi connectivity index (χ1) is 16.4. The molecule has 1 N–H and O–H groups in total. The van der Waals surface area contributed by atoms with Gasteiger partial charge in [0.1, 0.15) is 12.3 Å². The molecule has 0 fully saturated rings. The highest BCUT2D eigenvalue weighted by molar-refractivity contribution is 5.95. The van der Waals surface area contributed by atoms with Gasteiger partial charge in [0.2, 0.25) is 5.91 Å². The first kappa shape index (κ1) is 22.7. The molecule has 2 aromatic heterocycles. The number of methoxy groups -OCH3 is 1. The molecule has 172 valence electrons. The Labute approximate surface area is 194 Å². The van der Waals surface area contributed by atoms with Crippen molar-refractivity contribution in [3.63, 3.8) is 0 Å². The van der Waals surface area contributed by atoms with Crippen LogP contribution in [0, 0.1) is 0 Å². The van der Waals surface area contributed by atoms with Gasteiger partial charge >= 0.3 is 5.69 Å². The van der Waals surface area contributed by atoms with Crippen LogP contribution in [0.15, 0.2) is 76.4 Å². The number of aromatic nitrogens is 3. The van der Waals surface area contributed by atoms with Gasteiger partial charge in [-0.3, -0.25) is 23.5 Å². The van der Waals surface area contributed by atoms with E-state index in [0.717, 1.165) is 10.1 Å². The Bertz CT molecular complexity index is 1490. The third-order valence-corrected chi connectivity index (χ3v) is 5.36. The summed E-state index contributed by atoms with van der Waals surface area (Å²) in [4.78, 5) is 54.7. The second-order valence-electron chi connectivity index (χ2n) is 7.66. The van der Waals surface area contributed by atoms with E-state index in [1.165, 1.54) is 17.7 Å². The monoisotopic (exact) mass is 458 g/mol. The van der Waals surface area contributed by atoms with Gasteiger partial charge in [0.25, 0.3) is 5.56 Å². The van der Waals surface area contributed by atoms with E-state index in [2.05, 4.69) is 10.3 Å². The fraction of sp³-hybridized carbons (Fsp3) is 0.160. The van der Waals surface area contributed by atoms with Crippen molar-refractivity contribution < 1.29 is 14.3 Å². The molecule has 0 spiro atoms. The molecule has 0 aliphatic carbocycles. The number of hydrogen-bond acceptors (Lipinski definition) is 6. The number of nitrogens with one attached hydrogen (secondary N) is 1. The predicted molar refractivity (Wildman–Crippen MR) is 127 cm³/mol. The van der Waals surface area contributed by atoms with Crippen LogP contribution in [0.2, 0.25) is 0 Å². The number of Topliss-reactive ketones (excluding diaryl/α,β-unsaturated/α-hetero) is 1. The summed E-state index contributed by atoms with van der Waals surface area (Å²) in [6, 6.07) is 16.6. The van der Waals surface area contributed by atoms with Gasteiger partial charge in [0.05, 0.1) is 19.2 Å². The number of fused-ring (bicyclic) bond motifs is 1. The van der Waals surface area contributed by atoms with Gasteiger partial charge in [-0.05, 0) is 61.0 Å². The molecule has 9 heteroatoms. The number of ketones is 1. The summed E-state index contributed by atoms with van der Waals surface area (Å²) in [5, 5.41) is 2.71. The second kappa shape index (κ2) is 9.53. The van der Waals surface area contributed by atoms with Crippen LogP contribution in [0.3, 0.4) is 0 Å². The highest BCUT2D eigenvalue weighted by atomic mass is 16.5. The Hall–Kier alpha value is -4.53. The summed E-state index contributed by atoms with van der Waals surface area (Å²) < 4.78 is 7.44. The van der Waals surface area contributed by atoms with Crippen LogP contribution < -0.4 is 21.3 Å². The molecule has 1 amide bonds. The van der Waals surface area contributed by atoms with Crippen molar-refractivity contribution >= 4 is 28.4 Å². The van der Waals surface area contributed by atoms with Gasteiger partial charge < -0.3 is 10.1 Å². The van der Waals surface area contributed by atoms with Crippen LogP contribution in [0.4, 0.5) is 5.69 Å². The SMILES string of the molecule is COc1ccc(Cn2c(=O)c3ncccc3n(CC(=O)Nc3ccc(C(C)=O)cc3)c2=O)cc1. The molecule has 2 heterocycles. The average molecular weight is 458 g/mol. The molecule has 0 saturated carbocycles. The lowest BCUT2D eigenvalue weighted by atomic mass is 10.1. The van der Waals surface area contributed by atoms with E-state index in [1.807, 2.05) is 0 Å². The summed E-state index contributed by atoms with van der Waals surface area (Å²) >= 11 is 0. The summed E-state index contributed by atoms with van der Waals surface area (Å²) in [5.74, 6) is 0.113. The quantitative estimate of drug-likeness (QED) is 0.426. The maximum atomic E-state index is 13.3. The molecule has 0 aliphatic heterocycles. The minimum Gasteiger partial charge on any atom is -0.497 e. The van der Waals surface area contributed by atoms with Gasteiger partial charge in [-0.25, -0.2) is 9.78 Å². The van der Waals surface area contributed by atoms with Crippen LogP contribution in [-0.4, -0.2) is 32.9 Å². The van der Waals surface area contributed by atoms with Gasteiger partial charge in [-0.1, -0.05) is 12.1 Å². The van der Waals surface area contributed by atoms with Crippen LogP contribution in [0.1, 0.15) is 22.8 Å². The Balaban J connectivity index is 1.68. The fourth-order valence-electron chi connectivity index (χ4n) is 3.58. The van der Waals surface area contributed by atoms with Gasteiger partial charge in [0, 0.05) is 17.4 Å². The van der Waals surface area contributed by atoms with Gasteiger partial charge in [0.15, 0.2) is 11.3 Å². The van der Waals surface area contributed by atoms with Crippen molar-refractivity contribution in [2.24, 2.45) is 0 Å². The molecule has 0 unspecified atom stereocenters. The minimum atomic E-state index is -0.622. The number of hydrogen-bond donors (Lipinski definition) is 1. The first-order valence-electron chi connectivity index (χ1n) is 10.5. The summed E-state index contributed by atoms with van der Waals surface area (Å²) in [5.41, 5.74) is 0.932. The topological polar surface area (TPSA) is 112 Å². The van der Waals surface area contributed by atoms with Crippen molar-refractivity contribution in [2.75, 3.05) is 12.4 Å². The van der Waals surface area contributed by atoms with Crippen LogP contribution in [-0.2, 0) is 17.9 Å². The van der Waals surface area contributed by atoms with E-state index >= 15 is 0 Å². The second-order valence-corrected chi connectivity index (χ2v) is 7.66. The summed E-state index contributed by atoms with van der Waals surface area (Å²) in [6.07, 6.45) is 1.47.